The second-order valence-electron chi connectivity index (χ2n) is 5.98. The zero-order chi connectivity index (χ0) is 20.4. The highest BCUT2D eigenvalue weighted by atomic mass is 16.5. The lowest BCUT2D eigenvalue weighted by molar-refractivity contribution is -0.117. The van der Waals surface area contributed by atoms with Crippen LogP contribution in [0.2, 0.25) is 0 Å². The molecule has 0 bridgehead atoms. The number of benzene rings is 2. The first kappa shape index (κ1) is 21.1. The van der Waals surface area contributed by atoms with Crippen LogP contribution >= 0.6 is 0 Å². The lowest BCUT2D eigenvalue weighted by Gasteiger charge is -2.07. The van der Waals surface area contributed by atoms with Gasteiger partial charge in [0.15, 0.2) is 23.0 Å². The van der Waals surface area contributed by atoms with Crippen molar-refractivity contribution >= 4 is 17.9 Å². The van der Waals surface area contributed by atoms with Crippen LogP contribution in [-0.4, -0.2) is 34.2 Å². The minimum Gasteiger partial charge on any atom is -0.493 e. The van der Waals surface area contributed by atoms with Gasteiger partial charge >= 0.3 is 0 Å². The van der Waals surface area contributed by atoms with Gasteiger partial charge in [0.2, 0.25) is 0 Å². The van der Waals surface area contributed by atoms with Gasteiger partial charge in [-0.2, -0.15) is 0 Å². The van der Waals surface area contributed by atoms with Crippen LogP contribution in [0.1, 0.15) is 24.0 Å². The Hall–Kier alpha value is -3.21. The third-order valence-electron chi connectivity index (χ3n) is 4.13. The van der Waals surface area contributed by atoms with Crippen molar-refractivity contribution in [3.63, 3.8) is 0 Å². The Bertz CT molecular complexity index is 783. The predicted octanol–water partition coefficient (Wildman–Crippen LogP) is 4.80. The summed E-state index contributed by atoms with van der Waals surface area (Å²) in [5.74, 6) is 2.81. The Labute approximate surface area is 166 Å². The Kier molecular flexibility index (Phi) is 8.15. The van der Waals surface area contributed by atoms with E-state index < -0.39 is 0 Å². The first-order chi connectivity index (χ1) is 13.6. The van der Waals surface area contributed by atoms with Gasteiger partial charge in [-0.25, -0.2) is 0 Å². The SMILES string of the molecule is COc1ccc(C=CCC(=O)CC=Cc2ccc(OC)c(OC)c2)cc1OC. The number of allylic oxidation sites excluding steroid dienone is 2. The molecule has 2 aromatic carbocycles. The van der Waals surface area contributed by atoms with Gasteiger partial charge < -0.3 is 18.9 Å². The largest absolute Gasteiger partial charge is 0.493 e. The summed E-state index contributed by atoms with van der Waals surface area (Å²) in [5, 5.41) is 0. The van der Waals surface area contributed by atoms with E-state index in [4.69, 9.17) is 18.9 Å². The molecule has 0 fully saturated rings. The molecule has 0 saturated carbocycles. The highest BCUT2D eigenvalue weighted by Gasteiger charge is 2.04. The molecule has 0 aliphatic rings. The number of rotatable bonds is 10. The minimum atomic E-state index is 0.133. The summed E-state index contributed by atoms with van der Waals surface area (Å²) in [6.07, 6.45) is 8.24. The quantitative estimate of drug-likeness (QED) is 0.591. The number of Topliss-reactive ketones (excluding diaryl/α,β-unsaturated/α-hetero) is 1. The molecule has 2 rings (SSSR count). The molecular weight excluding hydrogens is 356 g/mol. The van der Waals surface area contributed by atoms with Crippen molar-refractivity contribution in [3.05, 3.63) is 59.7 Å². The van der Waals surface area contributed by atoms with E-state index in [1.165, 1.54) is 0 Å². The van der Waals surface area contributed by atoms with Crippen LogP contribution in [0.25, 0.3) is 12.2 Å². The smallest absolute Gasteiger partial charge is 0.161 e. The standard InChI is InChI=1S/C23H26O5/c1-25-20-13-11-17(15-22(20)27-3)7-5-9-19(24)10-6-8-18-12-14-21(26-2)23(16-18)28-4/h5-8,11-16H,9-10H2,1-4H3. The van der Waals surface area contributed by atoms with E-state index in [2.05, 4.69) is 0 Å². The van der Waals surface area contributed by atoms with Crippen LogP contribution < -0.4 is 18.9 Å². The topological polar surface area (TPSA) is 54.0 Å². The summed E-state index contributed by atoms with van der Waals surface area (Å²) in [6.45, 7) is 0. The predicted molar refractivity (Wildman–Crippen MR) is 111 cm³/mol. The molecule has 0 atom stereocenters. The molecule has 0 spiro atoms. The minimum absolute atomic E-state index is 0.133. The van der Waals surface area contributed by atoms with Crippen LogP contribution in [0, 0.1) is 0 Å². The number of carbonyl (C=O) groups excluding carboxylic acids is 1. The Morgan fingerprint density at radius 2 is 1.07 bits per heavy atom. The van der Waals surface area contributed by atoms with E-state index in [1.54, 1.807) is 28.4 Å². The van der Waals surface area contributed by atoms with Crippen molar-refractivity contribution < 1.29 is 23.7 Å². The summed E-state index contributed by atoms with van der Waals surface area (Å²) >= 11 is 0. The molecule has 2 aromatic rings. The van der Waals surface area contributed by atoms with E-state index >= 15 is 0 Å². The average molecular weight is 382 g/mol. The van der Waals surface area contributed by atoms with Gasteiger partial charge in [-0.1, -0.05) is 36.4 Å². The van der Waals surface area contributed by atoms with Crippen molar-refractivity contribution in [1.82, 2.24) is 0 Å². The zero-order valence-corrected chi connectivity index (χ0v) is 16.7. The fourth-order valence-electron chi connectivity index (χ4n) is 2.65. The molecule has 0 N–H and O–H groups in total. The van der Waals surface area contributed by atoms with Gasteiger partial charge in [0.1, 0.15) is 5.78 Å². The first-order valence-electron chi connectivity index (χ1n) is 8.90. The maximum atomic E-state index is 12.1. The van der Waals surface area contributed by atoms with Crippen LogP contribution in [0.4, 0.5) is 0 Å². The number of carbonyl (C=O) groups is 1. The summed E-state index contributed by atoms with van der Waals surface area (Å²) < 4.78 is 21.0. The van der Waals surface area contributed by atoms with Crippen LogP contribution in [-0.2, 0) is 4.79 Å². The lowest BCUT2D eigenvalue weighted by Crippen LogP contribution is -1.93. The third-order valence-corrected chi connectivity index (χ3v) is 4.13. The zero-order valence-electron chi connectivity index (χ0n) is 16.7. The van der Waals surface area contributed by atoms with Gasteiger partial charge in [-0.05, 0) is 35.4 Å². The normalized spacial score (nSPS) is 11.0. The Balaban J connectivity index is 1.89. The second kappa shape index (κ2) is 10.8. The van der Waals surface area contributed by atoms with Gasteiger partial charge in [0.05, 0.1) is 28.4 Å². The van der Waals surface area contributed by atoms with Crippen molar-refractivity contribution in [2.45, 2.75) is 12.8 Å². The Morgan fingerprint density at radius 3 is 1.43 bits per heavy atom. The van der Waals surface area contributed by atoms with Crippen molar-refractivity contribution in [3.8, 4) is 23.0 Å². The first-order valence-corrected chi connectivity index (χ1v) is 8.90. The summed E-state index contributed by atoms with van der Waals surface area (Å²) in [4.78, 5) is 12.1. The molecule has 0 heterocycles. The van der Waals surface area contributed by atoms with Crippen LogP contribution in [0.5, 0.6) is 23.0 Å². The molecule has 148 valence electrons. The van der Waals surface area contributed by atoms with Gasteiger partial charge in [0, 0.05) is 12.8 Å². The molecule has 0 aliphatic heterocycles. The summed E-state index contributed by atoms with van der Waals surface area (Å²) in [6, 6.07) is 11.3. The number of ketones is 1. The van der Waals surface area contributed by atoms with Gasteiger partial charge in [-0.3, -0.25) is 4.79 Å². The molecule has 0 amide bonds. The highest BCUT2D eigenvalue weighted by Crippen LogP contribution is 2.29. The molecule has 0 aliphatic carbocycles. The molecule has 0 saturated heterocycles. The monoisotopic (exact) mass is 382 g/mol. The molecule has 5 heteroatoms. The maximum Gasteiger partial charge on any atom is 0.161 e. The number of hydrogen-bond donors (Lipinski definition) is 0. The fourth-order valence-corrected chi connectivity index (χ4v) is 2.65. The van der Waals surface area contributed by atoms with E-state index in [0.29, 0.717) is 35.8 Å². The molecule has 28 heavy (non-hydrogen) atoms. The van der Waals surface area contributed by atoms with E-state index in [-0.39, 0.29) is 5.78 Å². The molecular formula is C23H26O5. The molecule has 5 nitrogen and oxygen atoms in total. The molecule has 0 unspecified atom stereocenters. The summed E-state index contributed by atoms with van der Waals surface area (Å²) in [5.41, 5.74) is 1.90. The van der Waals surface area contributed by atoms with E-state index in [0.717, 1.165) is 11.1 Å². The van der Waals surface area contributed by atoms with E-state index in [9.17, 15) is 4.79 Å². The van der Waals surface area contributed by atoms with Crippen molar-refractivity contribution in [2.24, 2.45) is 0 Å². The van der Waals surface area contributed by atoms with Gasteiger partial charge in [0.25, 0.3) is 0 Å². The second-order valence-corrected chi connectivity index (χ2v) is 5.98. The fraction of sp³-hybridized carbons (Fsp3) is 0.261. The van der Waals surface area contributed by atoms with Gasteiger partial charge in [-0.15, -0.1) is 0 Å². The Morgan fingerprint density at radius 1 is 0.679 bits per heavy atom. The van der Waals surface area contributed by atoms with Crippen LogP contribution in [0.15, 0.2) is 48.6 Å². The highest BCUT2D eigenvalue weighted by molar-refractivity contribution is 5.83. The van der Waals surface area contributed by atoms with E-state index in [1.807, 2.05) is 60.7 Å². The van der Waals surface area contributed by atoms with Crippen molar-refractivity contribution in [2.75, 3.05) is 28.4 Å². The average Bonchev–Trinajstić information content (AvgIpc) is 2.73. The number of hydrogen-bond acceptors (Lipinski definition) is 5. The van der Waals surface area contributed by atoms with Crippen molar-refractivity contribution in [1.29, 1.82) is 0 Å². The van der Waals surface area contributed by atoms with Crippen LogP contribution in [0.3, 0.4) is 0 Å². The third kappa shape index (κ3) is 5.91. The number of ether oxygens (including phenoxy) is 4. The molecule has 0 radical (unpaired) electrons. The molecule has 0 aromatic heterocycles. The maximum absolute atomic E-state index is 12.1. The summed E-state index contributed by atoms with van der Waals surface area (Å²) in [7, 11) is 6.39. The lowest BCUT2D eigenvalue weighted by atomic mass is 10.1. The number of methoxy groups -OCH3 is 4.